The second-order valence-electron chi connectivity index (χ2n) is 4.99. The molecule has 2 aromatic carbocycles. The third-order valence-electron chi connectivity index (χ3n) is 3.29. The Kier molecular flexibility index (Phi) is 7.38. The fourth-order valence-corrected chi connectivity index (χ4v) is 2.34. The van der Waals surface area contributed by atoms with Crippen LogP contribution in [0, 0.1) is 20.9 Å². The summed E-state index contributed by atoms with van der Waals surface area (Å²) < 4.78 is 0. The summed E-state index contributed by atoms with van der Waals surface area (Å²) in [5.74, 6) is -0.459. The highest BCUT2D eigenvalue weighted by Gasteiger charge is 2.24. The molecule has 9 heteroatoms. The van der Waals surface area contributed by atoms with E-state index in [0.29, 0.717) is 6.42 Å². The Morgan fingerprint density at radius 3 is 1.84 bits per heavy atom. The summed E-state index contributed by atoms with van der Waals surface area (Å²) in [4.78, 5) is 9.70. The predicted molar refractivity (Wildman–Crippen MR) is 93.8 cm³/mol. The Balaban J connectivity index is 0.000000705. The van der Waals surface area contributed by atoms with Crippen molar-refractivity contribution in [2.45, 2.75) is 12.5 Å². The number of nitrogens with one attached hydrogen (secondary N) is 2. The number of nitrogens with two attached hydrogens (primary N) is 2. The van der Waals surface area contributed by atoms with Crippen molar-refractivity contribution in [3.63, 3.8) is 0 Å². The summed E-state index contributed by atoms with van der Waals surface area (Å²) in [6.07, 6.45) is 0.615. The van der Waals surface area contributed by atoms with Crippen molar-refractivity contribution in [2.75, 3.05) is 0 Å². The molecule has 1 unspecified atom stereocenters. The lowest BCUT2D eigenvalue weighted by Gasteiger charge is -2.31. The van der Waals surface area contributed by atoms with Gasteiger partial charge in [0.1, 0.15) is 0 Å². The van der Waals surface area contributed by atoms with Gasteiger partial charge in [-0.25, -0.2) is 0 Å². The molecule has 2 rings (SSSR count). The van der Waals surface area contributed by atoms with Crippen LogP contribution in [-0.4, -0.2) is 27.1 Å². The highest BCUT2D eigenvalue weighted by Crippen LogP contribution is 2.24. The van der Waals surface area contributed by atoms with Gasteiger partial charge in [-0.15, -0.1) is 10.1 Å². The molecule has 0 radical (unpaired) electrons. The number of benzene rings is 2. The maximum absolute atomic E-state index is 8.36. The number of guanidine groups is 2. The van der Waals surface area contributed by atoms with Gasteiger partial charge in [0.15, 0.2) is 11.9 Å². The van der Waals surface area contributed by atoms with Crippen LogP contribution >= 0.6 is 0 Å². The van der Waals surface area contributed by atoms with Crippen molar-refractivity contribution in [3.05, 3.63) is 81.9 Å². The summed E-state index contributed by atoms with van der Waals surface area (Å²) in [7, 11) is 0. The molecule has 9 nitrogen and oxygen atoms in total. The number of nitrogens with zero attached hydrogens (tertiary/aromatic N) is 2. The Bertz CT molecular complexity index is 690. The highest BCUT2D eigenvalue weighted by atomic mass is 16.9. The van der Waals surface area contributed by atoms with E-state index in [4.69, 9.17) is 37.6 Å². The van der Waals surface area contributed by atoms with Gasteiger partial charge in [-0.2, -0.15) is 0 Å². The van der Waals surface area contributed by atoms with Gasteiger partial charge < -0.3 is 16.7 Å². The van der Waals surface area contributed by atoms with Gasteiger partial charge >= 0.3 is 0 Å². The van der Waals surface area contributed by atoms with E-state index in [0.717, 1.165) is 11.1 Å². The van der Waals surface area contributed by atoms with Gasteiger partial charge in [0.25, 0.3) is 5.09 Å². The molecule has 0 fully saturated rings. The fraction of sp³-hybridized carbons (Fsp3) is 0.125. The van der Waals surface area contributed by atoms with Crippen LogP contribution in [0.25, 0.3) is 0 Å². The maximum Gasteiger partial charge on any atom is 0.291 e. The average Bonchev–Trinajstić information content (AvgIpc) is 2.55. The largest absolute Gasteiger partial charge is 0.370 e. The first-order chi connectivity index (χ1) is 11.8. The zero-order valence-electron chi connectivity index (χ0n) is 13.4. The van der Waals surface area contributed by atoms with E-state index >= 15 is 0 Å². The van der Waals surface area contributed by atoms with Crippen LogP contribution in [0.5, 0.6) is 0 Å². The van der Waals surface area contributed by atoms with Gasteiger partial charge in [-0.3, -0.25) is 15.7 Å². The lowest BCUT2D eigenvalue weighted by Crippen LogP contribution is -2.47. The zero-order valence-corrected chi connectivity index (χ0v) is 13.4. The van der Waals surface area contributed by atoms with Crippen molar-refractivity contribution in [1.82, 2.24) is 4.90 Å². The molecule has 0 saturated heterocycles. The van der Waals surface area contributed by atoms with Crippen LogP contribution in [0.2, 0.25) is 0 Å². The Morgan fingerprint density at radius 2 is 1.44 bits per heavy atom. The Morgan fingerprint density at radius 1 is 1.04 bits per heavy atom. The summed E-state index contributed by atoms with van der Waals surface area (Å²) in [5, 5.41) is 29.1. The normalized spacial score (nSPS) is 10.7. The van der Waals surface area contributed by atoms with Gasteiger partial charge in [-0.1, -0.05) is 60.7 Å². The quantitative estimate of drug-likeness (QED) is 0.245. The van der Waals surface area contributed by atoms with Crippen molar-refractivity contribution < 1.29 is 10.3 Å². The van der Waals surface area contributed by atoms with E-state index < -0.39 is 5.09 Å². The van der Waals surface area contributed by atoms with Crippen LogP contribution in [0.3, 0.4) is 0 Å². The first kappa shape index (κ1) is 19.4. The Hall–Kier alpha value is -3.62. The standard InChI is InChI=1S/C16H19N5.HNO3/c17-15(18)21(16(19)20)14(13-9-5-2-6-10-13)11-12-7-3-1-4-8-12;2-1(3)4/h1-10,14H,11H2,(H3,17,18)(H3,19,20);(H,2,3,4). The number of hydrogen-bond donors (Lipinski definition) is 5. The second-order valence-corrected chi connectivity index (χ2v) is 4.99. The van der Waals surface area contributed by atoms with E-state index in [1.165, 1.54) is 4.90 Å². The lowest BCUT2D eigenvalue weighted by molar-refractivity contribution is -0.742. The molecule has 2 aromatic rings. The van der Waals surface area contributed by atoms with E-state index in [1.807, 2.05) is 60.7 Å². The molecule has 0 aromatic heterocycles. The van der Waals surface area contributed by atoms with E-state index in [2.05, 4.69) is 0 Å². The molecule has 0 spiro atoms. The molecule has 0 aliphatic rings. The third kappa shape index (κ3) is 6.57. The molecule has 0 saturated carbocycles. The minimum atomic E-state index is -1.50. The molecule has 0 aliphatic carbocycles. The topological polar surface area (TPSA) is 166 Å². The monoisotopic (exact) mass is 344 g/mol. The molecule has 0 aliphatic heterocycles. The number of hydrogen-bond acceptors (Lipinski definition) is 4. The number of rotatable bonds is 4. The zero-order chi connectivity index (χ0) is 18.8. The minimum absolute atomic E-state index is 0.229. The van der Waals surface area contributed by atoms with Gasteiger partial charge in [-0.05, 0) is 17.5 Å². The summed E-state index contributed by atoms with van der Waals surface area (Å²) in [6.45, 7) is 0. The van der Waals surface area contributed by atoms with Gasteiger partial charge in [0.2, 0.25) is 0 Å². The van der Waals surface area contributed by atoms with Crippen LogP contribution in [0.4, 0.5) is 0 Å². The molecule has 132 valence electrons. The Labute approximate surface area is 144 Å². The molecule has 7 N–H and O–H groups in total. The first-order valence-electron chi connectivity index (χ1n) is 7.22. The molecular weight excluding hydrogens is 324 g/mol. The fourth-order valence-electron chi connectivity index (χ4n) is 2.34. The van der Waals surface area contributed by atoms with Crippen LogP contribution < -0.4 is 11.5 Å². The van der Waals surface area contributed by atoms with E-state index in [-0.39, 0.29) is 18.0 Å². The van der Waals surface area contributed by atoms with Crippen molar-refractivity contribution >= 4 is 11.9 Å². The molecular formula is C16H20N6O3. The molecule has 0 heterocycles. The van der Waals surface area contributed by atoms with Gasteiger partial charge in [0, 0.05) is 0 Å². The maximum atomic E-state index is 8.36. The molecule has 0 amide bonds. The SMILES string of the molecule is N=C(N)N(C(=N)N)C(Cc1ccccc1)c1ccccc1.O=[N+]([O-])O. The second kappa shape index (κ2) is 9.50. The van der Waals surface area contributed by atoms with E-state index in [9.17, 15) is 0 Å². The summed E-state index contributed by atoms with van der Waals surface area (Å²) in [5.41, 5.74) is 13.3. The average molecular weight is 344 g/mol. The molecule has 25 heavy (non-hydrogen) atoms. The van der Waals surface area contributed by atoms with Gasteiger partial charge in [0.05, 0.1) is 6.04 Å². The first-order valence-corrected chi connectivity index (χ1v) is 7.22. The smallest absolute Gasteiger partial charge is 0.291 e. The van der Waals surface area contributed by atoms with Crippen molar-refractivity contribution in [2.24, 2.45) is 11.5 Å². The third-order valence-corrected chi connectivity index (χ3v) is 3.29. The molecule has 0 bridgehead atoms. The van der Waals surface area contributed by atoms with Crippen LogP contribution in [0.1, 0.15) is 17.2 Å². The highest BCUT2D eigenvalue weighted by molar-refractivity contribution is 5.94. The van der Waals surface area contributed by atoms with E-state index in [1.54, 1.807) is 0 Å². The lowest BCUT2D eigenvalue weighted by atomic mass is 9.97. The summed E-state index contributed by atoms with van der Waals surface area (Å²) in [6, 6.07) is 19.3. The van der Waals surface area contributed by atoms with Crippen LogP contribution in [0.15, 0.2) is 60.7 Å². The van der Waals surface area contributed by atoms with Crippen molar-refractivity contribution in [3.8, 4) is 0 Å². The summed E-state index contributed by atoms with van der Waals surface area (Å²) >= 11 is 0. The predicted octanol–water partition coefficient (Wildman–Crippen LogP) is 1.71. The van der Waals surface area contributed by atoms with Crippen LogP contribution in [-0.2, 0) is 6.42 Å². The molecule has 1 atom stereocenters. The van der Waals surface area contributed by atoms with Crippen molar-refractivity contribution in [1.29, 1.82) is 10.8 Å². The minimum Gasteiger partial charge on any atom is -0.370 e.